The summed E-state index contributed by atoms with van der Waals surface area (Å²) in [5.41, 5.74) is 1.16. The monoisotopic (exact) mass is 268 g/mol. The molecule has 0 unspecified atom stereocenters. The maximum absolute atomic E-state index is 9.10. The molecule has 106 valence electrons. The maximum atomic E-state index is 9.10. The molecule has 0 saturated heterocycles. The van der Waals surface area contributed by atoms with Gasteiger partial charge in [0.05, 0.1) is 0 Å². The number of nitrogens with one attached hydrogen (secondary N) is 1. The molecule has 3 N–H and O–H groups in total. The van der Waals surface area contributed by atoms with Crippen LogP contribution in [0.4, 0.5) is 0 Å². The Morgan fingerprint density at radius 2 is 2.00 bits per heavy atom. The van der Waals surface area contributed by atoms with Gasteiger partial charge in [0.25, 0.3) is 0 Å². The lowest BCUT2D eigenvalue weighted by Crippen LogP contribution is -2.09. The van der Waals surface area contributed by atoms with Gasteiger partial charge in [0, 0.05) is 12.4 Å². The zero-order valence-corrected chi connectivity index (χ0v) is 10.0. The largest absolute Gasteiger partial charge is 0.473 e. The number of carboxylic acid groups (broad SMARTS) is 2. The van der Waals surface area contributed by atoms with Crippen molar-refractivity contribution in [2.45, 2.75) is 13.8 Å². The van der Waals surface area contributed by atoms with Crippen LogP contribution in [0.3, 0.4) is 0 Å². The fourth-order valence-electron chi connectivity index (χ4n) is 0.922. The van der Waals surface area contributed by atoms with Gasteiger partial charge in [-0.1, -0.05) is 25.6 Å². The van der Waals surface area contributed by atoms with Crippen molar-refractivity contribution in [3.63, 3.8) is 0 Å². The fourth-order valence-corrected chi connectivity index (χ4v) is 0.922. The van der Waals surface area contributed by atoms with Crippen molar-refractivity contribution in [2.75, 3.05) is 13.6 Å². The van der Waals surface area contributed by atoms with Gasteiger partial charge in [-0.05, 0) is 31.6 Å². The molecular formula is C13H20N2O4. The van der Waals surface area contributed by atoms with Crippen LogP contribution in [-0.2, 0) is 9.59 Å². The van der Waals surface area contributed by atoms with E-state index in [0.717, 1.165) is 18.5 Å². The van der Waals surface area contributed by atoms with Gasteiger partial charge in [-0.2, -0.15) is 0 Å². The third kappa shape index (κ3) is 12.0. The van der Waals surface area contributed by atoms with Gasteiger partial charge in [-0.25, -0.2) is 9.59 Å². The number of pyridine rings is 1. The molecule has 1 aromatic rings. The fraction of sp³-hybridized carbons (Fsp3) is 0.308. The Balaban J connectivity index is 0. The van der Waals surface area contributed by atoms with Crippen LogP contribution in [0.1, 0.15) is 19.4 Å². The smallest absolute Gasteiger partial charge is 0.414 e. The molecule has 0 aromatic carbocycles. The average molecular weight is 268 g/mol. The number of aliphatic carboxylic acids is 2. The first-order valence-corrected chi connectivity index (χ1v) is 5.25. The predicted molar refractivity (Wildman–Crippen MR) is 73.8 cm³/mol. The lowest BCUT2D eigenvalue weighted by atomic mass is 10.2. The molecule has 1 rings (SSSR count). The molecule has 0 aliphatic rings. The third-order valence-corrected chi connectivity index (χ3v) is 1.74. The van der Waals surface area contributed by atoms with Crippen LogP contribution >= 0.6 is 0 Å². The highest BCUT2D eigenvalue weighted by Crippen LogP contribution is 1.98. The Morgan fingerprint density at radius 1 is 1.37 bits per heavy atom. The first kappa shape index (κ1) is 19.1. The van der Waals surface area contributed by atoms with Crippen molar-refractivity contribution in [1.29, 1.82) is 0 Å². The van der Waals surface area contributed by atoms with Gasteiger partial charge >= 0.3 is 11.9 Å². The van der Waals surface area contributed by atoms with E-state index in [1.54, 1.807) is 6.20 Å². The van der Waals surface area contributed by atoms with Crippen molar-refractivity contribution >= 4 is 18.0 Å². The minimum Gasteiger partial charge on any atom is -0.473 e. The normalized spacial score (nSPS) is 9.11. The second kappa shape index (κ2) is 12.3. The van der Waals surface area contributed by atoms with Crippen molar-refractivity contribution < 1.29 is 19.8 Å². The summed E-state index contributed by atoms with van der Waals surface area (Å²) in [5, 5.41) is 17.9. The zero-order valence-electron chi connectivity index (χ0n) is 10.0. The van der Waals surface area contributed by atoms with E-state index in [1.165, 1.54) is 0 Å². The molecule has 0 saturated carbocycles. The minimum atomic E-state index is -1.82. The van der Waals surface area contributed by atoms with Crippen LogP contribution in [0, 0.1) is 0 Å². The van der Waals surface area contributed by atoms with Crippen LogP contribution in [0.25, 0.3) is 6.08 Å². The summed E-state index contributed by atoms with van der Waals surface area (Å²) in [6.07, 6.45) is 8.93. The summed E-state index contributed by atoms with van der Waals surface area (Å²) < 4.78 is 0. The quantitative estimate of drug-likeness (QED) is 0.565. The highest BCUT2D eigenvalue weighted by atomic mass is 16.4. The number of hydrogen-bond acceptors (Lipinski definition) is 4. The molecule has 19 heavy (non-hydrogen) atoms. The van der Waals surface area contributed by atoms with E-state index in [-0.39, 0.29) is 7.43 Å². The summed E-state index contributed by atoms with van der Waals surface area (Å²) in [7, 11) is 1.96. The Kier molecular flexibility index (Phi) is 12.3. The van der Waals surface area contributed by atoms with E-state index in [1.807, 2.05) is 25.4 Å². The lowest BCUT2D eigenvalue weighted by Gasteiger charge is -1.92. The van der Waals surface area contributed by atoms with E-state index in [4.69, 9.17) is 19.8 Å². The van der Waals surface area contributed by atoms with Crippen LogP contribution in [0.2, 0.25) is 0 Å². The van der Waals surface area contributed by atoms with Gasteiger partial charge in [-0.15, -0.1) is 0 Å². The molecule has 0 aliphatic carbocycles. The lowest BCUT2D eigenvalue weighted by molar-refractivity contribution is -0.159. The summed E-state index contributed by atoms with van der Waals surface area (Å²) in [4.78, 5) is 22.2. The molecule has 0 radical (unpaired) electrons. The number of carboxylic acids is 2. The minimum absolute atomic E-state index is 0. The van der Waals surface area contributed by atoms with E-state index in [9.17, 15) is 0 Å². The summed E-state index contributed by atoms with van der Waals surface area (Å²) in [6.45, 7) is 1.02. The molecule has 0 aliphatic heterocycles. The molecule has 1 aromatic heterocycles. The van der Waals surface area contributed by atoms with E-state index in [2.05, 4.69) is 22.5 Å². The van der Waals surface area contributed by atoms with Gasteiger partial charge in [0.15, 0.2) is 0 Å². The molecular weight excluding hydrogens is 248 g/mol. The van der Waals surface area contributed by atoms with Crippen molar-refractivity contribution in [3.05, 3.63) is 36.2 Å². The van der Waals surface area contributed by atoms with Gasteiger partial charge < -0.3 is 15.5 Å². The first-order valence-electron chi connectivity index (χ1n) is 5.25. The average Bonchev–Trinajstić information content (AvgIpc) is 2.36. The van der Waals surface area contributed by atoms with E-state index < -0.39 is 11.9 Å². The molecule has 0 bridgehead atoms. The molecule has 0 atom stereocenters. The van der Waals surface area contributed by atoms with Crippen molar-refractivity contribution in [3.8, 4) is 0 Å². The Bertz CT molecular complexity index is 379. The zero-order chi connectivity index (χ0) is 13.8. The summed E-state index contributed by atoms with van der Waals surface area (Å²) in [5.74, 6) is -3.65. The van der Waals surface area contributed by atoms with Gasteiger partial charge in [-0.3, -0.25) is 4.98 Å². The Morgan fingerprint density at radius 3 is 2.42 bits per heavy atom. The van der Waals surface area contributed by atoms with Crippen LogP contribution < -0.4 is 5.32 Å². The van der Waals surface area contributed by atoms with Crippen molar-refractivity contribution in [2.24, 2.45) is 0 Å². The maximum Gasteiger partial charge on any atom is 0.414 e. The molecule has 6 nitrogen and oxygen atoms in total. The highest BCUT2D eigenvalue weighted by Gasteiger charge is 2.04. The molecule has 0 fully saturated rings. The van der Waals surface area contributed by atoms with Crippen molar-refractivity contribution in [1.82, 2.24) is 10.3 Å². The third-order valence-electron chi connectivity index (χ3n) is 1.74. The van der Waals surface area contributed by atoms with E-state index >= 15 is 0 Å². The van der Waals surface area contributed by atoms with Crippen LogP contribution in [0.5, 0.6) is 0 Å². The van der Waals surface area contributed by atoms with Gasteiger partial charge in [0.2, 0.25) is 0 Å². The molecule has 0 spiro atoms. The summed E-state index contributed by atoms with van der Waals surface area (Å²) >= 11 is 0. The topological polar surface area (TPSA) is 99.5 Å². The SMILES string of the molecule is C.CNCC/C=C/c1cccnc1.O=C(O)C(=O)O. The number of rotatable bonds is 4. The first-order chi connectivity index (χ1) is 8.57. The Labute approximate surface area is 112 Å². The van der Waals surface area contributed by atoms with Gasteiger partial charge in [0.1, 0.15) is 0 Å². The molecule has 1 heterocycles. The van der Waals surface area contributed by atoms with Crippen LogP contribution in [-0.4, -0.2) is 40.7 Å². The summed E-state index contributed by atoms with van der Waals surface area (Å²) in [6, 6.07) is 3.99. The standard InChI is InChI=1S/C10H14N2.C2H2O4.CH4/c1-11-7-3-2-5-10-6-4-8-12-9-10;3-1(4)2(5)6;/h2,4-6,8-9,11H,3,7H2,1H3;(H,3,4)(H,5,6);1H4/b5-2+;;. The molecule has 0 amide bonds. The Hall–Kier alpha value is -2.21. The molecule has 6 heteroatoms. The number of aromatic nitrogens is 1. The number of nitrogens with zero attached hydrogens (tertiary/aromatic N) is 1. The van der Waals surface area contributed by atoms with Crippen LogP contribution in [0.15, 0.2) is 30.6 Å². The second-order valence-corrected chi connectivity index (χ2v) is 3.19. The number of carbonyl (C=O) groups is 2. The van der Waals surface area contributed by atoms with E-state index in [0.29, 0.717) is 0 Å². The predicted octanol–water partition coefficient (Wildman–Crippen LogP) is 1.50. The number of hydrogen-bond donors (Lipinski definition) is 3. The second-order valence-electron chi connectivity index (χ2n) is 3.19. The highest BCUT2D eigenvalue weighted by molar-refractivity contribution is 6.27.